The first-order valence-electron chi connectivity index (χ1n) is 10.1. The van der Waals surface area contributed by atoms with Crippen molar-refractivity contribution in [2.24, 2.45) is 10.1 Å². The first-order chi connectivity index (χ1) is 15.5. The molecule has 0 saturated carbocycles. The summed E-state index contributed by atoms with van der Waals surface area (Å²) in [5.41, 5.74) is 0.993. The van der Waals surface area contributed by atoms with Crippen molar-refractivity contribution in [2.45, 2.75) is 19.8 Å². The van der Waals surface area contributed by atoms with Crippen LogP contribution in [-0.4, -0.2) is 40.2 Å². The molecule has 0 atom stereocenters. The average molecular weight is 513 g/mol. The first kappa shape index (κ1) is 22.3. The van der Waals surface area contributed by atoms with Gasteiger partial charge in [-0.1, -0.05) is 35.0 Å². The zero-order valence-electron chi connectivity index (χ0n) is 17.4. The number of benzene rings is 2. The molecule has 7 nitrogen and oxygen atoms in total. The Kier molecular flexibility index (Phi) is 7.06. The summed E-state index contributed by atoms with van der Waals surface area (Å²) in [7, 11) is 0. The van der Waals surface area contributed by atoms with E-state index >= 15 is 0 Å². The quantitative estimate of drug-likeness (QED) is 0.381. The van der Waals surface area contributed by atoms with E-state index in [0.717, 1.165) is 33.7 Å². The van der Waals surface area contributed by atoms with Gasteiger partial charge in [0, 0.05) is 4.47 Å². The molecule has 0 aliphatic carbocycles. The van der Waals surface area contributed by atoms with E-state index in [1.807, 2.05) is 48.5 Å². The Bertz CT molecular complexity index is 1110. The number of amides is 1. The predicted molar refractivity (Wildman–Crippen MR) is 131 cm³/mol. The minimum absolute atomic E-state index is 0.0454. The van der Waals surface area contributed by atoms with E-state index in [1.54, 1.807) is 6.08 Å². The van der Waals surface area contributed by atoms with Gasteiger partial charge < -0.3 is 9.47 Å². The molecule has 164 valence electrons. The van der Waals surface area contributed by atoms with Crippen LogP contribution in [0.2, 0.25) is 0 Å². The number of thioether (sulfide) groups is 1. The molecule has 0 unspecified atom stereocenters. The van der Waals surface area contributed by atoms with E-state index < -0.39 is 5.91 Å². The van der Waals surface area contributed by atoms with Crippen LogP contribution in [0, 0.1) is 5.41 Å². The van der Waals surface area contributed by atoms with Gasteiger partial charge >= 0.3 is 0 Å². The standard InChI is InChI=1S/C23H21BrN4O3S/c1-2-3-20-27-28-21(25)19(22(29)26-23(28)32-20)14-15-4-8-17(9-5-15)30-12-13-31-18-10-6-16(24)7-11-18/h4-11,14,25H,2-3,12-13H2,1H3. The fraction of sp³-hybridized carbons (Fsp3) is 0.217. The summed E-state index contributed by atoms with van der Waals surface area (Å²) < 4.78 is 12.4. The van der Waals surface area contributed by atoms with Gasteiger partial charge in [0.2, 0.25) is 5.17 Å². The van der Waals surface area contributed by atoms with Crippen molar-refractivity contribution in [3.63, 3.8) is 0 Å². The normalized spacial score (nSPS) is 16.7. The second-order valence-electron chi connectivity index (χ2n) is 6.98. The lowest BCUT2D eigenvalue weighted by Gasteiger charge is -2.20. The van der Waals surface area contributed by atoms with Crippen molar-refractivity contribution in [1.82, 2.24) is 5.01 Å². The van der Waals surface area contributed by atoms with Gasteiger partial charge in [0.05, 0.1) is 5.57 Å². The Hall–Kier alpha value is -2.91. The van der Waals surface area contributed by atoms with E-state index in [-0.39, 0.29) is 11.4 Å². The monoisotopic (exact) mass is 512 g/mol. The third-order valence-corrected chi connectivity index (χ3v) is 6.08. The zero-order chi connectivity index (χ0) is 22.5. The molecule has 32 heavy (non-hydrogen) atoms. The molecule has 0 bridgehead atoms. The summed E-state index contributed by atoms with van der Waals surface area (Å²) in [6, 6.07) is 14.9. The van der Waals surface area contributed by atoms with Crippen LogP contribution in [0.3, 0.4) is 0 Å². The van der Waals surface area contributed by atoms with Gasteiger partial charge in [-0.15, -0.1) is 0 Å². The molecule has 0 saturated heterocycles. The molecule has 0 radical (unpaired) electrons. The highest BCUT2D eigenvalue weighted by molar-refractivity contribution is 9.10. The van der Waals surface area contributed by atoms with E-state index in [9.17, 15) is 4.79 Å². The van der Waals surface area contributed by atoms with Crippen molar-refractivity contribution in [3.8, 4) is 11.5 Å². The van der Waals surface area contributed by atoms with Gasteiger partial charge in [0.1, 0.15) is 29.8 Å². The Morgan fingerprint density at radius 3 is 2.31 bits per heavy atom. The highest BCUT2D eigenvalue weighted by Gasteiger charge is 2.35. The summed E-state index contributed by atoms with van der Waals surface area (Å²) in [6.07, 6.45) is 3.40. The highest BCUT2D eigenvalue weighted by atomic mass is 79.9. The van der Waals surface area contributed by atoms with E-state index in [4.69, 9.17) is 14.9 Å². The van der Waals surface area contributed by atoms with Crippen molar-refractivity contribution in [1.29, 1.82) is 5.41 Å². The average Bonchev–Trinajstić information content (AvgIpc) is 3.19. The van der Waals surface area contributed by atoms with Gasteiger partial charge in [-0.25, -0.2) is 0 Å². The Morgan fingerprint density at radius 2 is 1.69 bits per heavy atom. The summed E-state index contributed by atoms with van der Waals surface area (Å²) >= 11 is 4.75. The maximum absolute atomic E-state index is 12.5. The molecule has 2 aromatic rings. The molecule has 0 spiro atoms. The second-order valence-corrected chi connectivity index (χ2v) is 8.94. The van der Waals surface area contributed by atoms with Crippen molar-refractivity contribution < 1.29 is 14.3 Å². The number of amidine groups is 2. The number of nitrogens with zero attached hydrogens (tertiary/aromatic N) is 3. The summed E-state index contributed by atoms with van der Waals surface area (Å²) in [4.78, 5) is 16.6. The number of carbonyl (C=O) groups is 1. The molecular formula is C23H21BrN4O3S. The number of hydrogen-bond donors (Lipinski definition) is 1. The number of hydrogen-bond acceptors (Lipinski definition) is 6. The van der Waals surface area contributed by atoms with Gasteiger partial charge in [-0.05, 0) is 72.6 Å². The number of rotatable bonds is 8. The lowest BCUT2D eigenvalue weighted by Crippen LogP contribution is -2.35. The number of aliphatic imine (C=N–C) groups is 1. The minimum Gasteiger partial charge on any atom is -0.490 e. The number of ether oxygens (including phenoxy) is 2. The van der Waals surface area contributed by atoms with E-state index in [1.165, 1.54) is 16.8 Å². The summed E-state index contributed by atoms with van der Waals surface area (Å²) in [5, 5.41) is 15.6. The molecule has 2 aliphatic rings. The zero-order valence-corrected chi connectivity index (χ0v) is 19.8. The maximum atomic E-state index is 12.5. The number of hydrazone groups is 1. The van der Waals surface area contributed by atoms with Gasteiger partial charge in [-0.2, -0.15) is 15.1 Å². The van der Waals surface area contributed by atoms with E-state index in [2.05, 4.69) is 32.9 Å². The third kappa shape index (κ3) is 5.28. The minimum atomic E-state index is -0.424. The predicted octanol–water partition coefficient (Wildman–Crippen LogP) is 5.33. The highest BCUT2D eigenvalue weighted by Crippen LogP contribution is 2.30. The second kappa shape index (κ2) is 10.1. The lowest BCUT2D eigenvalue weighted by molar-refractivity contribution is -0.114. The summed E-state index contributed by atoms with van der Waals surface area (Å²) in [5.74, 6) is 1.10. The topological polar surface area (TPSA) is 87.3 Å². The SMILES string of the molecule is CCCC1=NN2C(=N)C(=Cc3ccc(OCCOc4ccc(Br)cc4)cc3)C(=O)N=C2S1. The number of halogens is 1. The fourth-order valence-electron chi connectivity index (χ4n) is 3.02. The molecule has 0 fully saturated rings. The van der Waals surface area contributed by atoms with Crippen LogP contribution >= 0.6 is 27.7 Å². The van der Waals surface area contributed by atoms with E-state index in [0.29, 0.717) is 24.1 Å². The lowest BCUT2D eigenvalue weighted by atomic mass is 10.1. The first-order valence-corrected chi connectivity index (χ1v) is 11.7. The third-order valence-electron chi connectivity index (χ3n) is 4.59. The van der Waals surface area contributed by atoms with Crippen molar-refractivity contribution in [2.75, 3.05) is 13.2 Å². The molecule has 2 heterocycles. The van der Waals surface area contributed by atoms with Crippen LogP contribution < -0.4 is 9.47 Å². The smallest absolute Gasteiger partial charge is 0.283 e. The van der Waals surface area contributed by atoms with Crippen molar-refractivity contribution in [3.05, 3.63) is 64.1 Å². The Balaban J connectivity index is 1.35. The van der Waals surface area contributed by atoms with Crippen LogP contribution in [0.1, 0.15) is 25.3 Å². The van der Waals surface area contributed by atoms with Crippen LogP contribution in [0.25, 0.3) is 6.08 Å². The molecule has 1 N–H and O–H groups in total. The Labute approximate surface area is 198 Å². The molecule has 4 rings (SSSR count). The van der Waals surface area contributed by atoms with Crippen LogP contribution in [-0.2, 0) is 4.79 Å². The molecule has 9 heteroatoms. The fourth-order valence-corrected chi connectivity index (χ4v) is 4.27. The molecular weight excluding hydrogens is 492 g/mol. The summed E-state index contributed by atoms with van der Waals surface area (Å²) in [6.45, 7) is 2.89. The molecule has 0 aromatic heterocycles. The van der Waals surface area contributed by atoms with Crippen LogP contribution in [0.5, 0.6) is 11.5 Å². The maximum Gasteiger partial charge on any atom is 0.283 e. The largest absolute Gasteiger partial charge is 0.490 e. The van der Waals surface area contributed by atoms with Crippen molar-refractivity contribution >= 4 is 55.7 Å². The van der Waals surface area contributed by atoms with Gasteiger partial charge in [0.15, 0.2) is 5.84 Å². The van der Waals surface area contributed by atoms with Crippen LogP contribution in [0.4, 0.5) is 0 Å². The van der Waals surface area contributed by atoms with Crippen LogP contribution in [0.15, 0.2) is 68.7 Å². The van der Waals surface area contributed by atoms with Gasteiger partial charge in [-0.3, -0.25) is 10.2 Å². The molecule has 2 aliphatic heterocycles. The molecule has 2 aromatic carbocycles. The number of nitrogens with one attached hydrogen (secondary N) is 1. The van der Waals surface area contributed by atoms with Gasteiger partial charge in [0.25, 0.3) is 5.91 Å². The number of fused-ring (bicyclic) bond motifs is 1. The Morgan fingerprint density at radius 1 is 1.06 bits per heavy atom. The number of carbonyl (C=O) groups excluding carboxylic acids is 1. The molecule has 1 amide bonds.